The van der Waals surface area contributed by atoms with Crippen LogP contribution >= 0.6 is 11.6 Å². The number of ether oxygens (including phenoxy) is 2. The van der Waals surface area contributed by atoms with Crippen LogP contribution < -0.4 is 4.74 Å². The average molecular weight is 438 g/mol. The lowest BCUT2D eigenvalue weighted by atomic mass is 9.95. The van der Waals surface area contributed by atoms with E-state index in [-0.39, 0.29) is 12.0 Å². The summed E-state index contributed by atoms with van der Waals surface area (Å²) in [6, 6.07) is 14.6. The molecule has 1 aliphatic heterocycles. The van der Waals surface area contributed by atoms with Crippen molar-refractivity contribution in [2.45, 2.75) is 23.8 Å². The molecule has 0 aliphatic carbocycles. The first-order chi connectivity index (χ1) is 13.8. The van der Waals surface area contributed by atoms with Gasteiger partial charge in [0.2, 0.25) is 0 Å². The molecule has 0 radical (unpaired) electrons. The predicted octanol–water partition coefficient (Wildman–Crippen LogP) is 3.70. The summed E-state index contributed by atoms with van der Waals surface area (Å²) in [6.45, 7) is 3.40. The molecule has 7 heteroatoms. The molecule has 0 saturated carbocycles. The van der Waals surface area contributed by atoms with E-state index in [4.69, 9.17) is 21.1 Å². The molecule has 0 N–H and O–H groups in total. The van der Waals surface area contributed by atoms with Crippen molar-refractivity contribution < 1.29 is 17.9 Å². The van der Waals surface area contributed by atoms with E-state index in [1.807, 2.05) is 18.2 Å². The number of rotatable bonds is 8. The second kappa shape index (κ2) is 9.94. The maximum atomic E-state index is 11.6. The zero-order valence-corrected chi connectivity index (χ0v) is 18.5. The zero-order chi connectivity index (χ0) is 20.9. The summed E-state index contributed by atoms with van der Waals surface area (Å²) in [5.41, 5.74) is 1.24. The Morgan fingerprint density at radius 2 is 1.93 bits per heavy atom. The van der Waals surface area contributed by atoms with Gasteiger partial charge in [-0.1, -0.05) is 23.7 Å². The van der Waals surface area contributed by atoms with Gasteiger partial charge in [0.1, 0.15) is 5.75 Å². The standard InChI is InChI=1S/C22H28ClNO4S/c1-27-22-11-13-24(12-10-17-4-3-5-19(23)14-17)15-18(22)16-28-20-6-8-21(9-7-20)29(2,25)26/h3-9,14,18,22H,10-13,15-16H2,1-2H3/t18-,22-/m0/s1. The first kappa shape index (κ1) is 22.1. The Hall–Kier alpha value is -1.60. The Kier molecular flexibility index (Phi) is 7.57. The lowest BCUT2D eigenvalue weighted by Gasteiger charge is -2.37. The smallest absolute Gasteiger partial charge is 0.175 e. The Bertz CT molecular complexity index is 901. The molecule has 158 valence electrons. The van der Waals surface area contributed by atoms with Crippen molar-refractivity contribution in [3.05, 3.63) is 59.1 Å². The highest BCUT2D eigenvalue weighted by atomic mass is 35.5. The van der Waals surface area contributed by atoms with Crippen LogP contribution in [0.3, 0.4) is 0 Å². The van der Waals surface area contributed by atoms with Gasteiger partial charge < -0.3 is 14.4 Å². The van der Waals surface area contributed by atoms with Gasteiger partial charge >= 0.3 is 0 Å². The molecule has 1 saturated heterocycles. The highest BCUT2D eigenvalue weighted by molar-refractivity contribution is 7.90. The third-order valence-corrected chi connectivity index (χ3v) is 6.74. The van der Waals surface area contributed by atoms with Gasteiger partial charge in [0, 0.05) is 43.9 Å². The number of halogens is 1. The second-order valence-electron chi connectivity index (χ2n) is 7.56. The first-order valence-electron chi connectivity index (χ1n) is 9.77. The van der Waals surface area contributed by atoms with E-state index in [0.717, 1.165) is 37.5 Å². The number of hydrogen-bond acceptors (Lipinski definition) is 5. The van der Waals surface area contributed by atoms with Crippen molar-refractivity contribution in [3.8, 4) is 5.75 Å². The fraction of sp³-hybridized carbons (Fsp3) is 0.455. The van der Waals surface area contributed by atoms with Crippen LogP contribution in [0.5, 0.6) is 5.75 Å². The van der Waals surface area contributed by atoms with E-state index >= 15 is 0 Å². The largest absolute Gasteiger partial charge is 0.493 e. The number of piperidine rings is 1. The van der Waals surface area contributed by atoms with Crippen LogP contribution in [0.25, 0.3) is 0 Å². The number of nitrogens with zero attached hydrogens (tertiary/aromatic N) is 1. The van der Waals surface area contributed by atoms with Crippen molar-refractivity contribution in [2.24, 2.45) is 5.92 Å². The number of hydrogen-bond donors (Lipinski definition) is 0. The molecule has 0 amide bonds. The highest BCUT2D eigenvalue weighted by Crippen LogP contribution is 2.23. The molecule has 0 unspecified atom stereocenters. The van der Waals surface area contributed by atoms with E-state index in [1.165, 1.54) is 11.8 Å². The molecule has 29 heavy (non-hydrogen) atoms. The number of likely N-dealkylation sites (tertiary alicyclic amines) is 1. The van der Waals surface area contributed by atoms with E-state index in [0.29, 0.717) is 17.3 Å². The fourth-order valence-electron chi connectivity index (χ4n) is 3.73. The summed E-state index contributed by atoms with van der Waals surface area (Å²) in [4.78, 5) is 2.74. The van der Waals surface area contributed by atoms with Gasteiger partial charge in [-0.15, -0.1) is 0 Å². The minimum atomic E-state index is -3.20. The topological polar surface area (TPSA) is 55.8 Å². The molecule has 0 spiro atoms. The molecule has 1 heterocycles. The van der Waals surface area contributed by atoms with Crippen molar-refractivity contribution >= 4 is 21.4 Å². The van der Waals surface area contributed by atoms with E-state index in [9.17, 15) is 8.42 Å². The zero-order valence-electron chi connectivity index (χ0n) is 16.9. The normalized spacial score (nSPS) is 20.5. The average Bonchev–Trinajstić information content (AvgIpc) is 2.70. The summed E-state index contributed by atoms with van der Waals surface area (Å²) in [6.07, 6.45) is 3.28. The molecule has 1 fully saturated rings. The van der Waals surface area contributed by atoms with Crippen LogP contribution in [-0.4, -0.2) is 59.0 Å². The van der Waals surface area contributed by atoms with Crippen molar-refractivity contribution in [1.82, 2.24) is 4.90 Å². The van der Waals surface area contributed by atoms with E-state index < -0.39 is 9.84 Å². The quantitative estimate of drug-likeness (QED) is 0.630. The first-order valence-corrected chi connectivity index (χ1v) is 12.0. The maximum absolute atomic E-state index is 11.6. The maximum Gasteiger partial charge on any atom is 0.175 e. The number of benzene rings is 2. The summed E-state index contributed by atoms with van der Waals surface area (Å²) in [7, 11) is -1.45. The van der Waals surface area contributed by atoms with Gasteiger partial charge in [0.05, 0.1) is 17.6 Å². The summed E-state index contributed by atoms with van der Waals surface area (Å²) >= 11 is 6.08. The van der Waals surface area contributed by atoms with E-state index in [1.54, 1.807) is 31.4 Å². The molecular formula is C22H28ClNO4S. The predicted molar refractivity (Wildman–Crippen MR) is 116 cm³/mol. The van der Waals surface area contributed by atoms with Gasteiger partial charge in [-0.2, -0.15) is 0 Å². The number of methoxy groups -OCH3 is 1. The van der Waals surface area contributed by atoms with Crippen LogP contribution in [0.2, 0.25) is 5.02 Å². The minimum Gasteiger partial charge on any atom is -0.493 e. The Labute approximate surface area is 178 Å². The van der Waals surface area contributed by atoms with Crippen LogP contribution in [0, 0.1) is 5.92 Å². The molecule has 2 atom stereocenters. The molecule has 3 rings (SSSR count). The molecule has 5 nitrogen and oxygen atoms in total. The van der Waals surface area contributed by atoms with Crippen molar-refractivity contribution in [1.29, 1.82) is 0 Å². The fourth-order valence-corrected chi connectivity index (χ4v) is 4.57. The molecular weight excluding hydrogens is 410 g/mol. The lowest BCUT2D eigenvalue weighted by molar-refractivity contribution is -0.0225. The summed E-state index contributed by atoms with van der Waals surface area (Å²) in [5, 5.41) is 0.772. The van der Waals surface area contributed by atoms with Gasteiger partial charge in [0.25, 0.3) is 0 Å². The lowest BCUT2D eigenvalue weighted by Crippen LogP contribution is -2.46. The van der Waals surface area contributed by atoms with E-state index in [2.05, 4.69) is 11.0 Å². The molecule has 0 aromatic heterocycles. The summed E-state index contributed by atoms with van der Waals surface area (Å²) in [5.74, 6) is 0.922. The third-order valence-electron chi connectivity index (χ3n) is 5.37. The van der Waals surface area contributed by atoms with Gasteiger partial charge in [-0.05, 0) is 54.8 Å². The van der Waals surface area contributed by atoms with Gasteiger partial charge in [-0.3, -0.25) is 0 Å². The van der Waals surface area contributed by atoms with Gasteiger partial charge in [-0.25, -0.2) is 8.42 Å². The molecule has 1 aliphatic rings. The van der Waals surface area contributed by atoms with Crippen molar-refractivity contribution in [3.63, 3.8) is 0 Å². The van der Waals surface area contributed by atoms with Crippen LogP contribution in [0.15, 0.2) is 53.4 Å². The van der Waals surface area contributed by atoms with Crippen LogP contribution in [0.4, 0.5) is 0 Å². The Morgan fingerprint density at radius 1 is 1.17 bits per heavy atom. The monoisotopic (exact) mass is 437 g/mol. The Balaban J connectivity index is 1.55. The summed E-state index contributed by atoms with van der Waals surface area (Å²) < 4.78 is 34.8. The minimum absolute atomic E-state index is 0.160. The van der Waals surface area contributed by atoms with Crippen LogP contribution in [0.1, 0.15) is 12.0 Å². The SMILES string of the molecule is CO[C@H]1CCN(CCc2cccc(Cl)c2)C[C@H]1COc1ccc(S(C)(=O)=O)cc1. The second-order valence-corrected chi connectivity index (χ2v) is 10.0. The van der Waals surface area contributed by atoms with Crippen molar-refractivity contribution in [2.75, 3.05) is 39.6 Å². The van der Waals surface area contributed by atoms with Crippen LogP contribution in [-0.2, 0) is 21.0 Å². The third kappa shape index (κ3) is 6.44. The molecule has 2 aromatic carbocycles. The number of sulfone groups is 1. The molecule has 0 bridgehead atoms. The highest BCUT2D eigenvalue weighted by Gasteiger charge is 2.29. The Morgan fingerprint density at radius 3 is 2.59 bits per heavy atom. The molecule has 2 aromatic rings. The van der Waals surface area contributed by atoms with Gasteiger partial charge in [0.15, 0.2) is 9.84 Å².